The molecule has 1 aromatic heterocycles. The number of nitrogens with one attached hydrogen (secondary N) is 1. The molecule has 5 heteroatoms. The number of nitrogens with zero attached hydrogens (tertiary/aromatic N) is 1. The van der Waals surface area contributed by atoms with Crippen molar-refractivity contribution in [2.24, 2.45) is 0 Å². The Bertz CT molecular complexity index is 381. The number of rotatable bonds is 1. The van der Waals surface area contributed by atoms with Crippen LogP contribution < -0.4 is 10.1 Å². The second-order valence-electron chi connectivity index (χ2n) is 3.08. The largest absolute Gasteiger partial charge is 0.463 e. The van der Waals surface area contributed by atoms with Crippen LogP contribution in [0.15, 0.2) is 12.3 Å². The zero-order valence-corrected chi connectivity index (χ0v) is 9.17. The lowest BCUT2D eigenvalue weighted by atomic mass is 10.2. The van der Waals surface area contributed by atoms with Crippen molar-refractivity contribution in [3.63, 3.8) is 0 Å². The number of pyridine rings is 1. The van der Waals surface area contributed by atoms with E-state index in [1.165, 1.54) is 0 Å². The van der Waals surface area contributed by atoms with Crippen molar-refractivity contribution in [2.75, 3.05) is 5.32 Å². The van der Waals surface area contributed by atoms with E-state index in [0.717, 1.165) is 5.56 Å². The number of carbonyl (C=O) groups is 1. The summed E-state index contributed by atoms with van der Waals surface area (Å²) in [5.74, 6) is 0.354. The summed E-state index contributed by atoms with van der Waals surface area (Å²) in [4.78, 5) is 15.4. The van der Waals surface area contributed by atoms with Gasteiger partial charge < -0.3 is 10.1 Å². The van der Waals surface area contributed by atoms with Crippen LogP contribution in [0.5, 0.6) is 5.88 Å². The van der Waals surface area contributed by atoms with E-state index in [1.807, 2.05) is 6.07 Å². The Hall–Kier alpha value is -1.10. The number of carbonyl (C=O) groups excluding carboxylic acids is 1. The van der Waals surface area contributed by atoms with Gasteiger partial charge in [-0.25, -0.2) is 4.98 Å². The number of hydrogen-bond donors (Lipinski definition) is 1. The van der Waals surface area contributed by atoms with Gasteiger partial charge in [0, 0.05) is 11.5 Å². The first-order valence-corrected chi connectivity index (χ1v) is 5.35. The molecule has 4 nitrogen and oxygen atoms in total. The summed E-state index contributed by atoms with van der Waals surface area (Å²) in [5, 5.41) is 3.44. The van der Waals surface area contributed by atoms with Crippen LogP contribution in [0.3, 0.4) is 0 Å². The maximum atomic E-state index is 11.3. The number of fused-ring (bicyclic) bond motifs is 1. The number of anilines is 1. The van der Waals surface area contributed by atoms with Crippen LogP contribution in [0.1, 0.15) is 12.5 Å². The molecule has 1 unspecified atom stereocenters. The molecular weight excluding hydrogens is 248 g/mol. The number of halogens is 1. The second kappa shape index (κ2) is 3.57. The van der Waals surface area contributed by atoms with Gasteiger partial charge in [-0.05, 0) is 18.6 Å². The number of hydrogen-bond acceptors (Lipinski definition) is 3. The highest BCUT2D eigenvalue weighted by atomic mass is 79.9. The summed E-state index contributed by atoms with van der Waals surface area (Å²) in [5.41, 5.74) is 1.65. The SMILES string of the molecule is CC1Oc2ncc(CBr)cc2NC1=O. The lowest BCUT2D eigenvalue weighted by Gasteiger charge is -2.22. The minimum atomic E-state index is -0.468. The van der Waals surface area contributed by atoms with Gasteiger partial charge >= 0.3 is 0 Å². The molecule has 1 N–H and O–H groups in total. The molecule has 0 saturated carbocycles. The van der Waals surface area contributed by atoms with E-state index in [-0.39, 0.29) is 5.91 Å². The van der Waals surface area contributed by atoms with Crippen molar-refractivity contribution >= 4 is 27.5 Å². The molecule has 0 aliphatic carbocycles. The third kappa shape index (κ3) is 1.59. The molecule has 2 heterocycles. The maximum Gasteiger partial charge on any atom is 0.265 e. The molecule has 74 valence electrons. The van der Waals surface area contributed by atoms with Crippen LogP contribution in [0.25, 0.3) is 0 Å². The van der Waals surface area contributed by atoms with Crippen molar-refractivity contribution in [1.82, 2.24) is 4.98 Å². The standard InChI is InChI=1S/C9H9BrN2O2/c1-5-8(13)12-7-2-6(3-10)4-11-9(7)14-5/h2,4-5H,3H2,1H3,(H,12,13). The highest BCUT2D eigenvalue weighted by Gasteiger charge is 2.24. The molecular formula is C9H9BrN2O2. The zero-order valence-electron chi connectivity index (χ0n) is 7.58. The first kappa shape index (κ1) is 9.45. The van der Waals surface area contributed by atoms with E-state index in [4.69, 9.17) is 4.74 Å². The molecule has 1 aliphatic heterocycles. The van der Waals surface area contributed by atoms with Gasteiger partial charge in [0.1, 0.15) is 5.69 Å². The van der Waals surface area contributed by atoms with Gasteiger partial charge in [0.05, 0.1) is 0 Å². The first-order valence-electron chi connectivity index (χ1n) is 4.23. The summed E-state index contributed by atoms with van der Waals surface area (Å²) in [6.45, 7) is 1.69. The van der Waals surface area contributed by atoms with Gasteiger partial charge in [-0.1, -0.05) is 15.9 Å². The van der Waals surface area contributed by atoms with E-state index < -0.39 is 6.10 Å². The van der Waals surface area contributed by atoms with E-state index >= 15 is 0 Å². The van der Waals surface area contributed by atoms with Crippen LogP contribution in [0.2, 0.25) is 0 Å². The Morgan fingerprint density at radius 2 is 2.50 bits per heavy atom. The molecule has 1 aromatic rings. The number of ether oxygens (including phenoxy) is 1. The smallest absolute Gasteiger partial charge is 0.265 e. The molecule has 14 heavy (non-hydrogen) atoms. The molecule has 0 spiro atoms. The fraction of sp³-hybridized carbons (Fsp3) is 0.333. The monoisotopic (exact) mass is 256 g/mol. The summed E-state index contributed by atoms with van der Waals surface area (Å²) in [7, 11) is 0. The van der Waals surface area contributed by atoms with Crippen LogP contribution in [0.4, 0.5) is 5.69 Å². The van der Waals surface area contributed by atoms with E-state index in [2.05, 4.69) is 26.2 Å². The fourth-order valence-electron chi connectivity index (χ4n) is 1.21. The number of alkyl halides is 1. The van der Waals surface area contributed by atoms with Crippen molar-refractivity contribution in [1.29, 1.82) is 0 Å². The zero-order chi connectivity index (χ0) is 10.1. The first-order chi connectivity index (χ1) is 6.70. The molecule has 1 atom stereocenters. The molecule has 0 aromatic carbocycles. The van der Waals surface area contributed by atoms with Gasteiger partial charge in [-0.15, -0.1) is 0 Å². The lowest BCUT2D eigenvalue weighted by molar-refractivity contribution is -0.122. The molecule has 0 bridgehead atoms. The van der Waals surface area contributed by atoms with Gasteiger partial charge in [-0.2, -0.15) is 0 Å². The maximum absolute atomic E-state index is 11.3. The van der Waals surface area contributed by atoms with E-state index in [0.29, 0.717) is 16.9 Å². The van der Waals surface area contributed by atoms with Gasteiger partial charge in [0.25, 0.3) is 5.91 Å². The third-order valence-electron chi connectivity index (χ3n) is 1.98. The van der Waals surface area contributed by atoms with Gasteiger partial charge in [0.2, 0.25) is 5.88 Å². The minimum absolute atomic E-state index is 0.133. The molecule has 0 saturated heterocycles. The van der Waals surface area contributed by atoms with Crippen molar-refractivity contribution in [3.8, 4) is 5.88 Å². The quantitative estimate of drug-likeness (QED) is 0.779. The Balaban J connectivity index is 2.37. The average Bonchev–Trinajstić information content (AvgIpc) is 2.19. The van der Waals surface area contributed by atoms with Crippen LogP contribution in [-0.2, 0) is 10.1 Å². The van der Waals surface area contributed by atoms with Gasteiger partial charge in [-0.3, -0.25) is 4.79 Å². The molecule has 1 amide bonds. The van der Waals surface area contributed by atoms with Crippen molar-refractivity contribution in [2.45, 2.75) is 18.4 Å². The summed E-state index contributed by atoms with van der Waals surface area (Å²) in [6, 6.07) is 1.85. The molecule has 2 rings (SSSR count). The summed E-state index contributed by atoms with van der Waals surface area (Å²) < 4.78 is 5.31. The van der Waals surface area contributed by atoms with E-state index in [1.54, 1.807) is 13.1 Å². The van der Waals surface area contributed by atoms with Crippen LogP contribution in [0, 0.1) is 0 Å². The summed E-state index contributed by atoms with van der Waals surface area (Å²) >= 11 is 3.32. The Morgan fingerprint density at radius 3 is 3.21 bits per heavy atom. The minimum Gasteiger partial charge on any atom is -0.463 e. The molecule has 0 radical (unpaired) electrons. The lowest BCUT2D eigenvalue weighted by Crippen LogP contribution is -2.34. The van der Waals surface area contributed by atoms with Crippen molar-refractivity contribution in [3.05, 3.63) is 17.8 Å². The Labute approximate surface area is 89.8 Å². The Morgan fingerprint density at radius 1 is 1.71 bits per heavy atom. The highest BCUT2D eigenvalue weighted by molar-refractivity contribution is 9.08. The normalized spacial score (nSPS) is 19.6. The number of aromatic nitrogens is 1. The number of amides is 1. The van der Waals surface area contributed by atoms with Gasteiger partial charge in [0.15, 0.2) is 6.10 Å². The topological polar surface area (TPSA) is 51.2 Å². The Kier molecular flexibility index (Phi) is 2.41. The third-order valence-corrected chi connectivity index (χ3v) is 2.63. The molecule has 1 aliphatic rings. The fourth-order valence-corrected chi connectivity index (χ4v) is 1.51. The predicted molar refractivity (Wildman–Crippen MR) is 55.6 cm³/mol. The summed E-state index contributed by atoms with van der Waals surface area (Å²) in [6.07, 6.45) is 1.25. The second-order valence-corrected chi connectivity index (χ2v) is 3.64. The van der Waals surface area contributed by atoms with Crippen LogP contribution in [-0.4, -0.2) is 17.0 Å². The predicted octanol–water partition coefficient (Wildman–Crippen LogP) is 1.70. The molecule has 0 fully saturated rings. The average molecular weight is 257 g/mol. The van der Waals surface area contributed by atoms with Crippen LogP contribution >= 0.6 is 15.9 Å². The van der Waals surface area contributed by atoms with Crippen molar-refractivity contribution < 1.29 is 9.53 Å². The highest BCUT2D eigenvalue weighted by Crippen LogP contribution is 2.28. The van der Waals surface area contributed by atoms with E-state index in [9.17, 15) is 4.79 Å².